The van der Waals surface area contributed by atoms with Crippen LogP contribution in [0, 0.1) is 0 Å². The lowest BCUT2D eigenvalue weighted by Crippen LogP contribution is -2.34. The van der Waals surface area contributed by atoms with Crippen LogP contribution in [0.3, 0.4) is 0 Å². The summed E-state index contributed by atoms with van der Waals surface area (Å²) < 4.78 is 23.7. The molecule has 0 unspecified atom stereocenters. The zero-order valence-electron chi connectivity index (χ0n) is 10.0. The van der Waals surface area contributed by atoms with Crippen LogP contribution in [0.2, 0.25) is 0 Å². The van der Waals surface area contributed by atoms with E-state index in [4.69, 9.17) is 5.21 Å². The molecule has 0 aliphatic heterocycles. The number of rotatable bonds is 11. The predicted molar refractivity (Wildman–Crippen MR) is 64.5 cm³/mol. The molecule has 0 saturated heterocycles. The largest absolute Gasteiger partial charge is 0.301 e. The molecule has 16 heavy (non-hydrogen) atoms. The lowest BCUT2D eigenvalue weighted by molar-refractivity contribution is 0.240. The molecule has 0 spiro atoms. The van der Waals surface area contributed by atoms with E-state index in [-0.39, 0.29) is 0 Å². The standard InChI is InChI=1S/C10H24N2O3S/c1-2-3-4-5-6-7-8-9-10-11-16(14,15)12-13/h11-13H,2-10H2,1H3. The molecular weight excluding hydrogens is 228 g/mol. The fourth-order valence-corrected chi connectivity index (χ4v) is 1.98. The van der Waals surface area contributed by atoms with Gasteiger partial charge in [-0.2, -0.15) is 8.42 Å². The molecule has 0 aromatic rings. The lowest BCUT2D eigenvalue weighted by Gasteiger charge is -2.04. The Balaban J connectivity index is 3.16. The SMILES string of the molecule is CCCCCCCCCCNS(=O)(=O)NO. The number of nitrogens with one attached hydrogen (secondary N) is 2. The van der Waals surface area contributed by atoms with Crippen molar-refractivity contribution in [2.45, 2.75) is 58.3 Å². The highest BCUT2D eigenvalue weighted by molar-refractivity contribution is 7.87. The molecule has 0 aliphatic rings. The van der Waals surface area contributed by atoms with Gasteiger partial charge in [0.15, 0.2) is 0 Å². The normalized spacial score (nSPS) is 11.9. The smallest absolute Gasteiger partial charge is 0.298 e. The first-order valence-electron chi connectivity index (χ1n) is 6.03. The van der Waals surface area contributed by atoms with E-state index in [0.29, 0.717) is 6.54 Å². The van der Waals surface area contributed by atoms with Gasteiger partial charge in [0, 0.05) is 6.54 Å². The lowest BCUT2D eigenvalue weighted by atomic mass is 10.1. The Morgan fingerprint density at radius 2 is 1.44 bits per heavy atom. The van der Waals surface area contributed by atoms with Crippen molar-refractivity contribution in [3.05, 3.63) is 0 Å². The van der Waals surface area contributed by atoms with Crippen molar-refractivity contribution in [3.8, 4) is 0 Å². The van der Waals surface area contributed by atoms with Gasteiger partial charge < -0.3 is 5.21 Å². The second-order valence-electron chi connectivity index (χ2n) is 3.96. The molecule has 3 N–H and O–H groups in total. The van der Waals surface area contributed by atoms with Gasteiger partial charge in [-0.1, -0.05) is 56.8 Å². The molecule has 0 radical (unpaired) electrons. The minimum Gasteiger partial charge on any atom is -0.301 e. The third kappa shape index (κ3) is 10.4. The van der Waals surface area contributed by atoms with Gasteiger partial charge in [-0.15, -0.1) is 0 Å². The summed E-state index contributed by atoms with van der Waals surface area (Å²) in [6.45, 7) is 2.58. The van der Waals surface area contributed by atoms with Crippen molar-refractivity contribution in [1.29, 1.82) is 0 Å². The molecular formula is C10H24N2O3S. The van der Waals surface area contributed by atoms with Gasteiger partial charge in [-0.25, -0.2) is 4.72 Å². The van der Waals surface area contributed by atoms with E-state index < -0.39 is 10.2 Å². The van der Waals surface area contributed by atoms with Crippen molar-refractivity contribution in [3.63, 3.8) is 0 Å². The predicted octanol–water partition coefficient (Wildman–Crippen LogP) is 1.94. The molecule has 98 valence electrons. The van der Waals surface area contributed by atoms with Gasteiger partial charge in [0.05, 0.1) is 0 Å². The van der Waals surface area contributed by atoms with E-state index in [1.54, 1.807) is 0 Å². The van der Waals surface area contributed by atoms with Gasteiger partial charge in [-0.3, -0.25) is 0 Å². The molecule has 0 atom stereocenters. The maximum Gasteiger partial charge on any atom is 0.298 e. The Labute approximate surface area is 98.8 Å². The van der Waals surface area contributed by atoms with Crippen LogP contribution in [-0.4, -0.2) is 20.2 Å². The second kappa shape index (κ2) is 10.0. The van der Waals surface area contributed by atoms with Gasteiger partial charge in [0.2, 0.25) is 0 Å². The first kappa shape index (κ1) is 15.8. The number of hydrogen-bond acceptors (Lipinski definition) is 3. The fraction of sp³-hybridized carbons (Fsp3) is 1.00. The molecule has 0 fully saturated rings. The van der Waals surface area contributed by atoms with Crippen LogP contribution >= 0.6 is 0 Å². The van der Waals surface area contributed by atoms with E-state index in [0.717, 1.165) is 19.3 Å². The van der Waals surface area contributed by atoms with Gasteiger partial charge in [0.1, 0.15) is 0 Å². The van der Waals surface area contributed by atoms with Crippen molar-refractivity contribution in [2.75, 3.05) is 6.54 Å². The zero-order chi connectivity index (χ0) is 12.3. The Kier molecular flexibility index (Phi) is 9.91. The minimum atomic E-state index is -3.67. The molecule has 0 aromatic carbocycles. The molecule has 0 aromatic heterocycles. The van der Waals surface area contributed by atoms with Crippen LogP contribution in [0.1, 0.15) is 58.3 Å². The van der Waals surface area contributed by atoms with Crippen molar-refractivity contribution >= 4 is 10.2 Å². The van der Waals surface area contributed by atoms with Crippen LogP contribution in [0.5, 0.6) is 0 Å². The van der Waals surface area contributed by atoms with E-state index >= 15 is 0 Å². The molecule has 0 bridgehead atoms. The Hall–Kier alpha value is -0.170. The van der Waals surface area contributed by atoms with Crippen LogP contribution in [0.4, 0.5) is 0 Å². The zero-order valence-corrected chi connectivity index (χ0v) is 10.9. The molecule has 6 heteroatoms. The van der Waals surface area contributed by atoms with Gasteiger partial charge in [0.25, 0.3) is 10.2 Å². The topological polar surface area (TPSA) is 78.4 Å². The summed E-state index contributed by atoms with van der Waals surface area (Å²) in [7, 11) is -3.67. The molecule has 0 amide bonds. The highest BCUT2D eigenvalue weighted by Gasteiger charge is 2.04. The fourth-order valence-electron chi connectivity index (χ4n) is 1.50. The molecule has 0 heterocycles. The highest BCUT2D eigenvalue weighted by Crippen LogP contribution is 2.07. The maximum absolute atomic E-state index is 10.7. The van der Waals surface area contributed by atoms with Crippen LogP contribution in [0.15, 0.2) is 0 Å². The molecule has 0 aliphatic carbocycles. The Morgan fingerprint density at radius 1 is 0.938 bits per heavy atom. The third-order valence-corrected chi connectivity index (χ3v) is 3.27. The first-order chi connectivity index (χ1) is 7.62. The maximum atomic E-state index is 10.7. The average molecular weight is 252 g/mol. The molecule has 5 nitrogen and oxygen atoms in total. The van der Waals surface area contributed by atoms with E-state index in [2.05, 4.69) is 11.6 Å². The van der Waals surface area contributed by atoms with Gasteiger partial charge in [-0.05, 0) is 6.42 Å². The van der Waals surface area contributed by atoms with Crippen molar-refractivity contribution < 1.29 is 13.6 Å². The Morgan fingerprint density at radius 3 is 1.94 bits per heavy atom. The summed E-state index contributed by atoms with van der Waals surface area (Å²) in [5.41, 5.74) is 0. The van der Waals surface area contributed by atoms with Crippen LogP contribution < -0.4 is 9.61 Å². The third-order valence-electron chi connectivity index (χ3n) is 2.44. The van der Waals surface area contributed by atoms with Crippen LogP contribution in [-0.2, 0) is 10.2 Å². The summed E-state index contributed by atoms with van der Waals surface area (Å²) in [4.78, 5) is 1.23. The summed E-state index contributed by atoms with van der Waals surface area (Å²) in [5, 5.41) is 8.22. The summed E-state index contributed by atoms with van der Waals surface area (Å²) in [6, 6.07) is 0. The molecule has 0 saturated carbocycles. The van der Waals surface area contributed by atoms with Crippen molar-refractivity contribution in [1.82, 2.24) is 9.61 Å². The minimum absolute atomic E-state index is 0.380. The number of hydrogen-bond donors (Lipinski definition) is 3. The van der Waals surface area contributed by atoms with E-state index in [1.165, 1.54) is 37.0 Å². The van der Waals surface area contributed by atoms with Crippen LogP contribution in [0.25, 0.3) is 0 Å². The summed E-state index contributed by atoms with van der Waals surface area (Å²) in [6.07, 6.45) is 9.37. The first-order valence-corrected chi connectivity index (χ1v) is 7.51. The van der Waals surface area contributed by atoms with Crippen molar-refractivity contribution in [2.24, 2.45) is 0 Å². The van der Waals surface area contributed by atoms with E-state index in [9.17, 15) is 8.42 Å². The number of unbranched alkanes of at least 4 members (excludes halogenated alkanes) is 7. The summed E-state index contributed by atoms with van der Waals surface area (Å²) in [5.74, 6) is 0. The highest BCUT2D eigenvalue weighted by atomic mass is 32.2. The second-order valence-corrected chi connectivity index (χ2v) is 5.44. The quantitative estimate of drug-likeness (QED) is 0.388. The monoisotopic (exact) mass is 252 g/mol. The average Bonchev–Trinajstić information content (AvgIpc) is 2.27. The molecule has 0 rings (SSSR count). The Bertz CT molecular complexity index is 242. The van der Waals surface area contributed by atoms with Gasteiger partial charge >= 0.3 is 0 Å². The van der Waals surface area contributed by atoms with E-state index in [1.807, 2.05) is 0 Å². The summed E-state index contributed by atoms with van der Waals surface area (Å²) >= 11 is 0.